The number of methoxy groups -OCH3 is 1. The first kappa shape index (κ1) is 22.1. The molecule has 4 aromatic rings. The Kier molecular flexibility index (Phi) is 5.85. The fourth-order valence-electron chi connectivity index (χ4n) is 3.78. The predicted molar refractivity (Wildman–Crippen MR) is 126 cm³/mol. The Labute approximate surface area is 199 Å². The van der Waals surface area contributed by atoms with Crippen LogP contribution in [0, 0.1) is 5.41 Å². The summed E-state index contributed by atoms with van der Waals surface area (Å²) in [5.41, 5.74) is 7.99. The zero-order valence-electron chi connectivity index (χ0n) is 18.7. The zero-order valence-corrected chi connectivity index (χ0v) is 18.7. The van der Waals surface area contributed by atoms with Crippen LogP contribution in [0.2, 0.25) is 0 Å². The first-order valence-corrected chi connectivity index (χ1v) is 10.6. The molecule has 0 aliphatic carbocycles. The maximum absolute atomic E-state index is 12.8. The molecular formula is C23H22N8O4. The number of aromatic amines is 1. The van der Waals surface area contributed by atoms with E-state index in [1.807, 2.05) is 12.1 Å². The Bertz CT molecular complexity index is 1400. The highest BCUT2D eigenvalue weighted by molar-refractivity contribution is 5.95. The molecule has 1 unspecified atom stereocenters. The quantitative estimate of drug-likeness (QED) is 0.230. The molecule has 0 fully saturated rings. The monoisotopic (exact) mass is 474 g/mol. The summed E-state index contributed by atoms with van der Waals surface area (Å²) >= 11 is 0. The highest BCUT2D eigenvalue weighted by Crippen LogP contribution is 2.38. The van der Waals surface area contributed by atoms with Crippen LogP contribution < -0.4 is 26.2 Å². The van der Waals surface area contributed by atoms with Crippen molar-refractivity contribution in [1.82, 2.24) is 25.0 Å². The average molecular weight is 474 g/mol. The second-order valence-corrected chi connectivity index (χ2v) is 7.70. The van der Waals surface area contributed by atoms with Crippen molar-refractivity contribution in [3.05, 3.63) is 87.7 Å². The van der Waals surface area contributed by atoms with E-state index in [-0.39, 0.29) is 18.4 Å². The van der Waals surface area contributed by atoms with Crippen LogP contribution in [0.5, 0.6) is 11.5 Å². The normalized spacial score (nSPS) is 13.4. The number of nitrogen functional groups attached to an aromatic ring is 1. The van der Waals surface area contributed by atoms with Crippen molar-refractivity contribution in [2.45, 2.75) is 12.6 Å². The molecule has 1 aliphatic rings. The van der Waals surface area contributed by atoms with Gasteiger partial charge in [-0.25, -0.2) is 4.79 Å². The minimum Gasteiger partial charge on any atom is -0.493 e. The molecule has 2 aromatic heterocycles. The third-order valence-corrected chi connectivity index (χ3v) is 5.44. The van der Waals surface area contributed by atoms with E-state index in [2.05, 4.69) is 25.6 Å². The molecule has 2 aromatic carbocycles. The number of H-pyrrole nitrogens is 1. The van der Waals surface area contributed by atoms with Crippen molar-refractivity contribution in [1.29, 1.82) is 5.41 Å². The van der Waals surface area contributed by atoms with Gasteiger partial charge in [0, 0.05) is 23.0 Å². The number of amidine groups is 1. The highest BCUT2D eigenvalue weighted by atomic mass is 16.7. The molecule has 0 amide bonds. The average Bonchev–Trinajstić information content (AvgIpc) is 3.28. The van der Waals surface area contributed by atoms with Gasteiger partial charge in [0.15, 0.2) is 29.9 Å². The Morgan fingerprint density at radius 3 is 2.83 bits per heavy atom. The molecule has 12 heteroatoms. The lowest BCUT2D eigenvalue weighted by molar-refractivity contribution is -0.0180. The van der Waals surface area contributed by atoms with Crippen molar-refractivity contribution >= 4 is 11.5 Å². The number of fused-ring (bicyclic) bond motifs is 1. The second kappa shape index (κ2) is 9.27. The zero-order chi connectivity index (χ0) is 24.4. The summed E-state index contributed by atoms with van der Waals surface area (Å²) in [7, 11) is 1.56. The van der Waals surface area contributed by atoms with Crippen LogP contribution in [0.15, 0.2) is 59.5 Å². The van der Waals surface area contributed by atoms with Crippen LogP contribution in [0.3, 0.4) is 0 Å². The predicted octanol–water partition coefficient (Wildman–Crippen LogP) is 1.71. The fourth-order valence-corrected chi connectivity index (χ4v) is 3.78. The number of nitrogens with two attached hydrogens (primary N) is 1. The van der Waals surface area contributed by atoms with Gasteiger partial charge >= 0.3 is 5.69 Å². The molecule has 1 atom stereocenters. The summed E-state index contributed by atoms with van der Waals surface area (Å²) in [6, 6.07) is 13.5. The minimum atomic E-state index is -0.593. The van der Waals surface area contributed by atoms with Crippen molar-refractivity contribution in [3.8, 4) is 17.3 Å². The maximum Gasteiger partial charge on any atom is 0.349 e. The van der Waals surface area contributed by atoms with Gasteiger partial charge < -0.3 is 25.3 Å². The van der Waals surface area contributed by atoms with E-state index in [9.17, 15) is 4.79 Å². The number of nitrogens with one attached hydrogen (secondary N) is 3. The van der Waals surface area contributed by atoms with Gasteiger partial charge in [-0.15, -0.1) is 10.2 Å². The summed E-state index contributed by atoms with van der Waals surface area (Å²) < 4.78 is 17.8. The number of ether oxygens (including phenoxy) is 3. The van der Waals surface area contributed by atoms with Crippen LogP contribution in [0.4, 0.5) is 5.69 Å². The smallest absolute Gasteiger partial charge is 0.349 e. The molecule has 3 heterocycles. The van der Waals surface area contributed by atoms with E-state index in [1.54, 1.807) is 43.5 Å². The van der Waals surface area contributed by atoms with Gasteiger partial charge in [0.1, 0.15) is 11.9 Å². The number of benzene rings is 2. The fraction of sp³-hybridized carbons (Fsp3) is 0.174. The van der Waals surface area contributed by atoms with Crippen LogP contribution in [0.1, 0.15) is 28.6 Å². The first-order chi connectivity index (χ1) is 17.0. The van der Waals surface area contributed by atoms with Crippen LogP contribution in [-0.4, -0.2) is 44.7 Å². The molecule has 5 rings (SSSR count). The molecule has 35 heavy (non-hydrogen) atoms. The molecule has 12 nitrogen and oxygen atoms in total. The number of hydrogen-bond acceptors (Lipinski definition) is 9. The van der Waals surface area contributed by atoms with Gasteiger partial charge in [0.25, 0.3) is 0 Å². The molecule has 178 valence electrons. The minimum absolute atomic E-state index is 0.0282. The number of aromatic nitrogens is 5. The van der Waals surface area contributed by atoms with Gasteiger partial charge in [0.05, 0.1) is 13.7 Å². The van der Waals surface area contributed by atoms with Gasteiger partial charge in [-0.1, -0.05) is 0 Å². The van der Waals surface area contributed by atoms with Crippen molar-refractivity contribution in [2.75, 3.05) is 19.2 Å². The number of anilines is 1. The third-order valence-electron chi connectivity index (χ3n) is 5.44. The van der Waals surface area contributed by atoms with Crippen LogP contribution >= 0.6 is 0 Å². The molecule has 0 saturated carbocycles. The molecule has 1 aliphatic heterocycles. The van der Waals surface area contributed by atoms with E-state index < -0.39 is 11.7 Å². The maximum atomic E-state index is 12.8. The summed E-state index contributed by atoms with van der Waals surface area (Å²) in [4.78, 5) is 15.6. The lowest BCUT2D eigenvalue weighted by atomic mass is 10.0. The standard InChI is InChI=1S/C23H22N8O4/c1-33-17-10-14(9-15-11-34-12-35-20(15)17)19(27-16-6-4-13(5-7-16)21(24)25)22-28-23(32)31(30-22)18-3-2-8-26-29-18/h2-10,19,27H,11-12H2,1H3,(H3,24,25)(H,28,30,32). The first-order valence-electron chi connectivity index (χ1n) is 10.6. The summed E-state index contributed by atoms with van der Waals surface area (Å²) in [6.45, 7) is 0.493. The molecule has 0 bridgehead atoms. The van der Waals surface area contributed by atoms with E-state index in [0.717, 1.165) is 21.5 Å². The summed E-state index contributed by atoms with van der Waals surface area (Å²) in [5, 5.41) is 23.3. The Morgan fingerprint density at radius 1 is 1.29 bits per heavy atom. The topological polar surface area (TPSA) is 166 Å². The largest absolute Gasteiger partial charge is 0.493 e. The Balaban J connectivity index is 1.60. The molecule has 0 saturated heterocycles. The number of hydrogen-bond donors (Lipinski definition) is 4. The SMILES string of the molecule is COc1cc(C(Nc2ccc(C(=N)N)cc2)c2nn(-c3cccnn3)c(=O)[nH]2)cc2c1OCOC2. The molecule has 0 radical (unpaired) electrons. The highest BCUT2D eigenvalue weighted by Gasteiger charge is 2.25. The summed E-state index contributed by atoms with van der Waals surface area (Å²) in [6.07, 6.45) is 1.51. The van der Waals surface area contributed by atoms with Crippen molar-refractivity contribution in [2.24, 2.45) is 5.73 Å². The van der Waals surface area contributed by atoms with Gasteiger partial charge in [-0.3, -0.25) is 10.4 Å². The second-order valence-electron chi connectivity index (χ2n) is 7.70. The van der Waals surface area contributed by atoms with Crippen LogP contribution in [0.25, 0.3) is 5.82 Å². The molecular weight excluding hydrogens is 452 g/mol. The van der Waals surface area contributed by atoms with Gasteiger partial charge in [0.2, 0.25) is 0 Å². The summed E-state index contributed by atoms with van der Waals surface area (Å²) in [5.74, 6) is 1.76. The van der Waals surface area contributed by atoms with Crippen molar-refractivity contribution < 1.29 is 14.2 Å². The molecule has 5 N–H and O–H groups in total. The van der Waals surface area contributed by atoms with E-state index >= 15 is 0 Å². The lowest BCUT2D eigenvalue weighted by Crippen LogP contribution is -2.18. The van der Waals surface area contributed by atoms with Gasteiger partial charge in [-0.05, 0) is 54.1 Å². The van der Waals surface area contributed by atoms with Crippen molar-refractivity contribution in [3.63, 3.8) is 0 Å². The number of rotatable bonds is 7. The lowest BCUT2D eigenvalue weighted by Gasteiger charge is -2.24. The third kappa shape index (κ3) is 4.42. The van der Waals surface area contributed by atoms with E-state index in [1.165, 1.54) is 6.20 Å². The van der Waals surface area contributed by atoms with Crippen LogP contribution in [-0.2, 0) is 11.3 Å². The Hall–Kier alpha value is -4.71. The Morgan fingerprint density at radius 2 is 2.11 bits per heavy atom. The molecule has 0 spiro atoms. The van der Waals surface area contributed by atoms with E-state index in [0.29, 0.717) is 29.5 Å². The van der Waals surface area contributed by atoms with E-state index in [4.69, 9.17) is 25.4 Å². The van der Waals surface area contributed by atoms with Gasteiger partial charge in [-0.2, -0.15) is 9.78 Å². The number of nitrogens with zero attached hydrogens (tertiary/aromatic N) is 4.